The maximum Gasteiger partial charge on any atom is 0.158 e. The number of rotatable bonds is 5. The Morgan fingerprint density at radius 2 is 1.96 bits per heavy atom. The number of thiazole rings is 1. The molecule has 0 aliphatic heterocycles. The Labute approximate surface area is 179 Å². The van der Waals surface area contributed by atoms with Crippen molar-refractivity contribution in [3.63, 3.8) is 0 Å². The van der Waals surface area contributed by atoms with E-state index in [1.807, 2.05) is 12.4 Å². The number of hydrogen-bond acceptors (Lipinski definition) is 8. The highest BCUT2D eigenvalue weighted by atomic mass is 35.5. The standard InChI is InChI=1S/C17H22N6S2.2ClH/c1-10(18-5)12-8-24-14(22-12)7-21-23-15-11-6-13(17(2,3)4)25-16(11)20-9-19-15;;/h6-10,18H,1-5H3,(H,19,20,23);2*1H/b21-7+;;. The van der Waals surface area contributed by atoms with E-state index in [0.29, 0.717) is 5.82 Å². The summed E-state index contributed by atoms with van der Waals surface area (Å²) >= 11 is 3.27. The number of anilines is 1. The molecule has 0 spiro atoms. The van der Waals surface area contributed by atoms with Gasteiger partial charge < -0.3 is 5.32 Å². The van der Waals surface area contributed by atoms with E-state index in [-0.39, 0.29) is 36.3 Å². The largest absolute Gasteiger partial charge is 0.312 e. The van der Waals surface area contributed by atoms with Gasteiger partial charge in [-0.2, -0.15) is 5.10 Å². The Hall–Kier alpha value is -1.32. The fraction of sp³-hybridized carbons (Fsp3) is 0.412. The van der Waals surface area contributed by atoms with Gasteiger partial charge in [0.1, 0.15) is 16.2 Å². The second-order valence-corrected chi connectivity index (χ2v) is 8.71. The van der Waals surface area contributed by atoms with Gasteiger partial charge in [0.2, 0.25) is 0 Å². The summed E-state index contributed by atoms with van der Waals surface area (Å²) in [5.74, 6) is 0.716. The topological polar surface area (TPSA) is 75.1 Å². The highest BCUT2D eigenvalue weighted by Gasteiger charge is 2.18. The Morgan fingerprint density at radius 3 is 2.63 bits per heavy atom. The van der Waals surface area contributed by atoms with Gasteiger partial charge in [-0.1, -0.05) is 20.8 Å². The first kappa shape index (κ1) is 23.7. The van der Waals surface area contributed by atoms with Crippen molar-refractivity contribution in [2.45, 2.75) is 39.2 Å². The summed E-state index contributed by atoms with van der Waals surface area (Å²) in [6, 6.07) is 2.38. The maximum atomic E-state index is 4.55. The molecule has 2 N–H and O–H groups in total. The van der Waals surface area contributed by atoms with E-state index in [1.165, 1.54) is 4.88 Å². The Balaban J connectivity index is 0.00000182. The van der Waals surface area contributed by atoms with Crippen LogP contribution in [0, 0.1) is 0 Å². The van der Waals surface area contributed by atoms with Crippen LogP contribution < -0.4 is 10.7 Å². The van der Waals surface area contributed by atoms with Crippen LogP contribution in [0.1, 0.15) is 49.3 Å². The number of aromatic nitrogens is 3. The molecule has 10 heteroatoms. The van der Waals surface area contributed by atoms with Crippen molar-refractivity contribution in [1.82, 2.24) is 20.3 Å². The number of halogens is 2. The lowest BCUT2D eigenvalue weighted by Gasteiger charge is -2.14. The summed E-state index contributed by atoms with van der Waals surface area (Å²) in [4.78, 5) is 15.5. The summed E-state index contributed by atoms with van der Waals surface area (Å²) in [7, 11) is 1.92. The van der Waals surface area contributed by atoms with Crippen molar-refractivity contribution in [2.75, 3.05) is 12.5 Å². The molecule has 0 bridgehead atoms. The Kier molecular flexibility index (Phi) is 8.56. The molecule has 1 unspecified atom stereocenters. The summed E-state index contributed by atoms with van der Waals surface area (Å²) in [5, 5.41) is 11.4. The Bertz CT molecular complexity index is 900. The first-order valence-electron chi connectivity index (χ1n) is 8.05. The molecule has 6 nitrogen and oxygen atoms in total. The fourth-order valence-electron chi connectivity index (χ4n) is 2.17. The van der Waals surface area contributed by atoms with Crippen molar-refractivity contribution in [2.24, 2.45) is 5.10 Å². The van der Waals surface area contributed by atoms with E-state index in [4.69, 9.17) is 0 Å². The molecule has 0 saturated heterocycles. The minimum absolute atomic E-state index is 0. The average Bonchev–Trinajstić information content (AvgIpc) is 3.20. The van der Waals surface area contributed by atoms with Crippen molar-refractivity contribution in [3.8, 4) is 0 Å². The number of hydrazone groups is 1. The molecule has 3 rings (SSSR count). The third-order valence-corrected chi connectivity index (χ3v) is 6.10. The quantitative estimate of drug-likeness (QED) is 0.425. The molecule has 0 radical (unpaired) electrons. The molecule has 27 heavy (non-hydrogen) atoms. The van der Waals surface area contributed by atoms with Crippen molar-refractivity contribution in [3.05, 3.63) is 33.4 Å². The Morgan fingerprint density at radius 1 is 1.22 bits per heavy atom. The van der Waals surface area contributed by atoms with Gasteiger partial charge in [0, 0.05) is 16.3 Å². The van der Waals surface area contributed by atoms with Gasteiger partial charge in [-0.25, -0.2) is 15.0 Å². The molecule has 0 aromatic carbocycles. The monoisotopic (exact) mass is 446 g/mol. The van der Waals surface area contributed by atoms with Crippen LogP contribution in [0.3, 0.4) is 0 Å². The molecule has 3 heterocycles. The summed E-state index contributed by atoms with van der Waals surface area (Å²) in [5.41, 5.74) is 4.14. The number of hydrogen-bond donors (Lipinski definition) is 2. The van der Waals surface area contributed by atoms with Gasteiger partial charge in [0.15, 0.2) is 5.82 Å². The van der Waals surface area contributed by atoms with Gasteiger partial charge in [-0.05, 0) is 25.5 Å². The molecule has 0 aliphatic rings. The van der Waals surface area contributed by atoms with Crippen LogP contribution in [0.5, 0.6) is 0 Å². The van der Waals surface area contributed by atoms with E-state index in [2.05, 4.69) is 64.6 Å². The van der Waals surface area contributed by atoms with Crippen LogP contribution in [-0.4, -0.2) is 28.2 Å². The van der Waals surface area contributed by atoms with Crippen molar-refractivity contribution < 1.29 is 0 Å². The zero-order valence-electron chi connectivity index (χ0n) is 15.8. The first-order chi connectivity index (χ1) is 11.9. The van der Waals surface area contributed by atoms with Crippen LogP contribution in [0.25, 0.3) is 10.2 Å². The molecule has 0 fully saturated rings. The van der Waals surface area contributed by atoms with E-state index in [0.717, 1.165) is 20.9 Å². The fourth-order valence-corrected chi connectivity index (χ4v) is 4.00. The zero-order valence-corrected chi connectivity index (χ0v) is 19.1. The predicted molar refractivity (Wildman–Crippen MR) is 121 cm³/mol. The van der Waals surface area contributed by atoms with Gasteiger partial charge >= 0.3 is 0 Å². The summed E-state index contributed by atoms with van der Waals surface area (Å²) in [6.07, 6.45) is 3.29. The van der Waals surface area contributed by atoms with Crippen LogP contribution >= 0.6 is 47.5 Å². The average molecular weight is 447 g/mol. The minimum atomic E-state index is 0. The molecule has 3 aromatic rings. The number of nitrogens with one attached hydrogen (secondary N) is 2. The normalized spacial score (nSPS) is 12.6. The molecular formula is C17H24Cl2N6S2. The third kappa shape index (κ3) is 5.58. The summed E-state index contributed by atoms with van der Waals surface area (Å²) in [6.45, 7) is 8.67. The minimum Gasteiger partial charge on any atom is -0.312 e. The lowest BCUT2D eigenvalue weighted by atomic mass is 9.94. The van der Waals surface area contributed by atoms with Crippen LogP contribution in [0.15, 0.2) is 22.9 Å². The van der Waals surface area contributed by atoms with E-state index >= 15 is 0 Å². The molecule has 148 valence electrons. The van der Waals surface area contributed by atoms with Gasteiger partial charge in [0.25, 0.3) is 0 Å². The smallest absolute Gasteiger partial charge is 0.158 e. The third-order valence-electron chi connectivity index (χ3n) is 3.83. The maximum absolute atomic E-state index is 4.55. The molecule has 0 amide bonds. The predicted octanol–water partition coefficient (Wildman–Crippen LogP) is 5.02. The van der Waals surface area contributed by atoms with Gasteiger partial charge in [-0.15, -0.1) is 47.5 Å². The van der Waals surface area contributed by atoms with Crippen LogP contribution in [0.2, 0.25) is 0 Å². The number of thiophene rings is 1. The van der Waals surface area contributed by atoms with E-state index in [1.54, 1.807) is 35.2 Å². The van der Waals surface area contributed by atoms with Crippen molar-refractivity contribution in [1.29, 1.82) is 0 Å². The lowest BCUT2D eigenvalue weighted by Crippen LogP contribution is -2.12. The van der Waals surface area contributed by atoms with Crippen molar-refractivity contribution >= 4 is 69.7 Å². The number of nitrogens with zero attached hydrogens (tertiary/aromatic N) is 4. The molecule has 1 atom stereocenters. The van der Waals surface area contributed by atoms with Crippen LogP contribution in [-0.2, 0) is 5.41 Å². The highest BCUT2D eigenvalue weighted by molar-refractivity contribution is 7.18. The first-order valence-corrected chi connectivity index (χ1v) is 9.75. The summed E-state index contributed by atoms with van der Waals surface area (Å²) < 4.78 is 0. The van der Waals surface area contributed by atoms with E-state index in [9.17, 15) is 0 Å². The zero-order chi connectivity index (χ0) is 18.0. The second-order valence-electron chi connectivity index (χ2n) is 6.79. The number of fused-ring (bicyclic) bond motifs is 1. The van der Waals surface area contributed by atoms with E-state index < -0.39 is 0 Å². The molecule has 0 aliphatic carbocycles. The molecular weight excluding hydrogens is 423 g/mol. The SMILES string of the molecule is CNC(C)c1csc(/C=N/Nc2ncnc3sc(C(C)(C)C)cc23)n1.Cl.Cl. The highest BCUT2D eigenvalue weighted by Crippen LogP contribution is 2.35. The lowest BCUT2D eigenvalue weighted by molar-refractivity contribution is 0.604. The molecule has 0 saturated carbocycles. The van der Waals surface area contributed by atoms with Gasteiger partial charge in [0.05, 0.1) is 17.3 Å². The second kappa shape index (κ2) is 9.75. The van der Waals surface area contributed by atoms with Gasteiger partial charge in [-0.3, -0.25) is 5.43 Å². The van der Waals surface area contributed by atoms with Crippen LogP contribution in [0.4, 0.5) is 5.82 Å². The molecule has 3 aromatic heterocycles.